The van der Waals surface area contributed by atoms with Gasteiger partial charge in [0.25, 0.3) is 5.97 Å². The third-order valence-electron chi connectivity index (χ3n) is 3.06. The molecule has 0 aromatic heterocycles. The first-order chi connectivity index (χ1) is 10.0. The Morgan fingerprint density at radius 1 is 1.09 bits per heavy atom. The molecule has 0 aliphatic heterocycles. The number of amides is 1. The lowest BCUT2D eigenvalue weighted by molar-refractivity contribution is -0.141. The molecule has 1 aliphatic carbocycles. The molecule has 0 aromatic rings. The minimum atomic E-state index is -0.979. The Morgan fingerprint density at radius 2 is 1.55 bits per heavy atom. The number of carbonyl (C=O) groups excluding carboxylic acids is 1. The van der Waals surface area contributed by atoms with Crippen LogP contribution in [0, 0.1) is 5.92 Å². The lowest BCUT2D eigenvalue weighted by atomic mass is 9.84. The first kappa shape index (κ1) is 20.2. The van der Waals surface area contributed by atoms with Gasteiger partial charge in [-0.25, -0.2) is 9.59 Å². The highest BCUT2D eigenvalue weighted by molar-refractivity contribution is 5.80. The molecule has 0 saturated heterocycles. The number of aliphatic carboxylic acids is 2. The number of ether oxygens (including phenoxy) is 1. The smallest absolute Gasteiger partial charge is 0.408 e. The molecule has 1 aliphatic rings. The van der Waals surface area contributed by atoms with E-state index in [1.807, 2.05) is 0 Å². The zero-order valence-electron chi connectivity index (χ0n) is 13.7. The zero-order chi connectivity index (χ0) is 17.3. The van der Waals surface area contributed by atoms with E-state index < -0.39 is 29.7 Å². The molecule has 3 N–H and O–H groups in total. The summed E-state index contributed by atoms with van der Waals surface area (Å²) in [4.78, 5) is 31.8. The van der Waals surface area contributed by atoms with Crippen molar-refractivity contribution in [3.8, 4) is 0 Å². The molecule has 1 saturated carbocycles. The van der Waals surface area contributed by atoms with Gasteiger partial charge in [-0.2, -0.15) is 0 Å². The van der Waals surface area contributed by atoms with E-state index in [0.29, 0.717) is 0 Å². The van der Waals surface area contributed by atoms with Crippen molar-refractivity contribution in [1.82, 2.24) is 5.32 Å². The highest BCUT2D eigenvalue weighted by Crippen LogP contribution is 2.26. The van der Waals surface area contributed by atoms with Crippen molar-refractivity contribution in [3.05, 3.63) is 0 Å². The maximum Gasteiger partial charge on any atom is 0.408 e. The van der Waals surface area contributed by atoms with Crippen molar-refractivity contribution >= 4 is 18.0 Å². The van der Waals surface area contributed by atoms with Gasteiger partial charge in [-0.3, -0.25) is 4.79 Å². The van der Waals surface area contributed by atoms with Gasteiger partial charge in [0.1, 0.15) is 11.6 Å². The Kier molecular flexibility index (Phi) is 8.52. The highest BCUT2D eigenvalue weighted by atomic mass is 16.6. The van der Waals surface area contributed by atoms with Crippen molar-refractivity contribution in [2.45, 2.75) is 71.4 Å². The second-order valence-corrected chi connectivity index (χ2v) is 6.38. The molecule has 1 amide bonds. The number of alkyl carbamates (subject to hydrolysis) is 1. The lowest BCUT2D eigenvalue weighted by Gasteiger charge is -2.29. The van der Waals surface area contributed by atoms with Crippen LogP contribution in [0.1, 0.15) is 59.8 Å². The van der Waals surface area contributed by atoms with Gasteiger partial charge >= 0.3 is 12.1 Å². The van der Waals surface area contributed by atoms with E-state index in [4.69, 9.17) is 14.6 Å². The lowest BCUT2D eigenvalue weighted by Crippen LogP contribution is -2.48. The number of hydrogen-bond donors (Lipinski definition) is 3. The Bertz CT molecular complexity index is 378. The molecule has 0 heterocycles. The summed E-state index contributed by atoms with van der Waals surface area (Å²) in [5.41, 5.74) is -0.611. The van der Waals surface area contributed by atoms with Crippen molar-refractivity contribution in [3.63, 3.8) is 0 Å². The Morgan fingerprint density at radius 3 is 1.91 bits per heavy atom. The largest absolute Gasteiger partial charge is 0.481 e. The molecule has 1 unspecified atom stereocenters. The quantitative estimate of drug-likeness (QED) is 0.737. The Labute approximate surface area is 131 Å². The van der Waals surface area contributed by atoms with Crippen molar-refractivity contribution in [2.75, 3.05) is 0 Å². The van der Waals surface area contributed by atoms with Crippen LogP contribution in [-0.2, 0) is 14.3 Å². The van der Waals surface area contributed by atoms with Gasteiger partial charge in [0.05, 0.1) is 0 Å². The summed E-state index contributed by atoms with van der Waals surface area (Å²) >= 11 is 0. The van der Waals surface area contributed by atoms with Crippen molar-refractivity contribution in [2.24, 2.45) is 5.92 Å². The van der Waals surface area contributed by atoms with Crippen LogP contribution < -0.4 is 5.32 Å². The third kappa shape index (κ3) is 10.0. The standard InChI is InChI=1S/C13H23NO4.C2H4O2/c1-13(2,3)18-12(17)14-10(11(15)16)9-7-5-4-6-8-9;1-2(3)4/h9-10H,4-8H2,1-3H3,(H,14,17)(H,15,16);1H3,(H,3,4). The van der Waals surface area contributed by atoms with Gasteiger partial charge in [0.2, 0.25) is 0 Å². The van der Waals surface area contributed by atoms with Gasteiger partial charge in [-0.05, 0) is 39.5 Å². The van der Waals surface area contributed by atoms with Gasteiger partial charge in [0.15, 0.2) is 0 Å². The Balaban J connectivity index is 0.000000980. The molecular formula is C15H27NO6. The molecule has 22 heavy (non-hydrogen) atoms. The van der Waals surface area contributed by atoms with Gasteiger partial charge in [0, 0.05) is 6.92 Å². The van der Waals surface area contributed by atoms with Crippen LogP contribution in [-0.4, -0.2) is 39.9 Å². The van der Waals surface area contributed by atoms with E-state index in [2.05, 4.69) is 5.32 Å². The monoisotopic (exact) mass is 317 g/mol. The SMILES string of the molecule is CC(=O)O.CC(C)(C)OC(=O)NC(C(=O)O)C1CCCCC1. The predicted octanol–water partition coefficient (Wildman–Crippen LogP) is 2.64. The number of carboxylic acid groups (broad SMARTS) is 2. The van der Waals surface area contributed by atoms with Crippen molar-refractivity contribution < 1.29 is 29.3 Å². The average molecular weight is 317 g/mol. The zero-order valence-corrected chi connectivity index (χ0v) is 13.7. The van der Waals surface area contributed by atoms with Crippen LogP contribution in [0.5, 0.6) is 0 Å². The molecule has 0 aromatic carbocycles. The van der Waals surface area contributed by atoms with Crippen LogP contribution >= 0.6 is 0 Å². The van der Waals surface area contributed by atoms with E-state index in [9.17, 15) is 14.7 Å². The van der Waals surface area contributed by atoms with E-state index in [1.165, 1.54) is 0 Å². The van der Waals surface area contributed by atoms with Crippen LogP contribution in [0.25, 0.3) is 0 Å². The second kappa shape index (κ2) is 9.27. The van der Waals surface area contributed by atoms with Crippen molar-refractivity contribution in [1.29, 1.82) is 0 Å². The molecule has 1 atom stereocenters. The number of rotatable bonds is 3. The van der Waals surface area contributed by atoms with Gasteiger partial charge < -0.3 is 20.3 Å². The molecule has 0 bridgehead atoms. The molecule has 7 heteroatoms. The van der Waals surface area contributed by atoms with Crippen LogP contribution in [0.3, 0.4) is 0 Å². The molecule has 0 spiro atoms. The van der Waals surface area contributed by atoms with E-state index in [1.54, 1.807) is 20.8 Å². The molecule has 1 fully saturated rings. The summed E-state index contributed by atoms with van der Waals surface area (Å²) in [6.07, 6.45) is 4.27. The molecule has 1 rings (SSSR count). The highest BCUT2D eigenvalue weighted by Gasteiger charge is 2.32. The summed E-state index contributed by atoms with van der Waals surface area (Å²) < 4.78 is 5.10. The minimum Gasteiger partial charge on any atom is -0.481 e. The maximum atomic E-state index is 11.6. The van der Waals surface area contributed by atoms with Crippen LogP contribution in [0.2, 0.25) is 0 Å². The summed E-state index contributed by atoms with van der Waals surface area (Å²) in [6, 6.07) is -0.833. The summed E-state index contributed by atoms with van der Waals surface area (Å²) in [6.45, 7) is 6.34. The van der Waals surface area contributed by atoms with E-state index >= 15 is 0 Å². The number of nitrogens with one attached hydrogen (secondary N) is 1. The maximum absolute atomic E-state index is 11.6. The second-order valence-electron chi connectivity index (χ2n) is 6.38. The van der Waals surface area contributed by atoms with E-state index in [0.717, 1.165) is 39.0 Å². The fourth-order valence-electron chi connectivity index (χ4n) is 2.28. The topological polar surface area (TPSA) is 113 Å². The molecular weight excluding hydrogens is 290 g/mol. The minimum absolute atomic E-state index is 0.0174. The summed E-state index contributed by atoms with van der Waals surface area (Å²) in [7, 11) is 0. The van der Waals surface area contributed by atoms with Crippen LogP contribution in [0.15, 0.2) is 0 Å². The normalized spacial score (nSPS) is 16.7. The van der Waals surface area contributed by atoms with E-state index in [-0.39, 0.29) is 5.92 Å². The summed E-state index contributed by atoms with van der Waals surface area (Å²) in [5.74, 6) is -1.79. The fourth-order valence-corrected chi connectivity index (χ4v) is 2.28. The van der Waals surface area contributed by atoms with Gasteiger partial charge in [-0.15, -0.1) is 0 Å². The third-order valence-corrected chi connectivity index (χ3v) is 3.06. The van der Waals surface area contributed by atoms with Gasteiger partial charge in [-0.1, -0.05) is 19.3 Å². The summed E-state index contributed by atoms with van der Waals surface area (Å²) in [5, 5.41) is 19.1. The fraction of sp³-hybridized carbons (Fsp3) is 0.800. The first-order valence-corrected chi connectivity index (χ1v) is 7.45. The number of carbonyl (C=O) groups is 3. The predicted molar refractivity (Wildman–Crippen MR) is 80.7 cm³/mol. The number of carboxylic acids is 2. The van der Waals surface area contributed by atoms with Crippen LogP contribution in [0.4, 0.5) is 4.79 Å². The Hall–Kier alpha value is -1.79. The average Bonchev–Trinajstić information content (AvgIpc) is 2.34. The molecule has 128 valence electrons. The molecule has 0 radical (unpaired) electrons. The number of hydrogen-bond acceptors (Lipinski definition) is 4. The first-order valence-electron chi connectivity index (χ1n) is 7.45. The molecule has 7 nitrogen and oxygen atoms in total.